The molecule has 0 aliphatic heterocycles. The number of rotatable bonds is 5. The molecule has 0 amide bonds. The molecule has 0 spiro atoms. The molecule has 1 aromatic carbocycles. The van der Waals surface area contributed by atoms with Gasteiger partial charge >= 0.3 is 5.97 Å². The van der Waals surface area contributed by atoms with Crippen molar-refractivity contribution in [2.45, 2.75) is 52.7 Å². The lowest BCUT2D eigenvalue weighted by molar-refractivity contribution is 0.0338. The lowest BCUT2D eigenvalue weighted by atomic mass is 10.2. The lowest BCUT2D eigenvalue weighted by Gasteiger charge is -2.15. The molecule has 2 unspecified atom stereocenters. The molecular weight excluding hydrogens is 316 g/mol. The van der Waals surface area contributed by atoms with E-state index < -0.39 is 5.97 Å². The molecule has 0 fully saturated rings. The molecule has 0 saturated heterocycles. The van der Waals surface area contributed by atoms with E-state index in [0.717, 1.165) is 23.9 Å². The third-order valence-corrected chi connectivity index (χ3v) is 4.65. The summed E-state index contributed by atoms with van der Waals surface area (Å²) in [6, 6.07) is 7.70. The molecule has 6 heteroatoms. The van der Waals surface area contributed by atoms with E-state index in [-0.39, 0.29) is 12.1 Å². The van der Waals surface area contributed by atoms with Gasteiger partial charge in [-0.05, 0) is 38.8 Å². The molecule has 25 heavy (non-hydrogen) atoms. The number of nitrogens with zero attached hydrogens (tertiary/aromatic N) is 3. The standard InChI is InChI=1S/C19H24N4O2/c1-5-11(3)23-17(20)15(19(24)25-12(4)6-2)16-18(23)22-14-10-8-7-9-13(14)21-16/h7-12H,5-6,20H2,1-4H3. The number of fused-ring (bicyclic) bond motifs is 2. The highest BCUT2D eigenvalue weighted by molar-refractivity contribution is 6.08. The first-order valence-corrected chi connectivity index (χ1v) is 8.75. The summed E-state index contributed by atoms with van der Waals surface area (Å²) in [5, 5.41) is 0. The molecule has 2 aromatic heterocycles. The van der Waals surface area contributed by atoms with Gasteiger partial charge in [0.25, 0.3) is 0 Å². The van der Waals surface area contributed by atoms with Crippen molar-refractivity contribution in [2.75, 3.05) is 5.73 Å². The number of carbonyl (C=O) groups is 1. The van der Waals surface area contributed by atoms with E-state index in [1.54, 1.807) is 0 Å². The average Bonchev–Trinajstić information content (AvgIpc) is 2.89. The van der Waals surface area contributed by atoms with Crippen LogP contribution in [-0.4, -0.2) is 26.6 Å². The minimum Gasteiger partial charge on any atom is -0.459 e. The molecular formula is C19H24N4O2. The van der Waals surface area contributed by atoms with Crippen LogP contribution in [0.3, 0.4) is 0 Å². The summed E-state index contributed by atoms with van der Waals surface area (Å²) in [7, 11) is 0. The third kappa shape index (κ3) is 2.92. The Balaban J connectivity index is 2.29. The van der Waals surface area contributed by atoms with Crippen LogP contribution in [0.1, 0.15) is 56.9 Å². The molecule has 0 radical (unpaired) electrons. The third-order valence-electron chi connectivity index (χ3n) is 4.65. The number of para-hydroxylation sites is 2. The minimum atomic E-state index is -0.441. The van der Waals surface area contributed by atoms with Gasteiger partial charge in [-0.25, -0.2) is 14.8 Å². The molecule has 6 nitrogen and oxygen atoms in total. The number of aromatic nitrogens is 3. The quantitative estimate of drug-likeness (QED) is 0.707. The second-order valence-electron chi connectivity index (χ2n) is 6.40. The van der Waals surface area contributed by atoms with Gasteiger partial charge in [-0.1, -0.05) is 26.0 Å². The van der Waals surface area contributed by atoms with Gasteiger partial charge in [0.15, 0.2) is 5.65 Å². The summed E-state index contributed by atoms with van der Waals surface area (Å²) < 4.78 is 7.40. The summed E-state index contributed by atoms with van der Waals surface area (Å²) in [5.41, 5.74) is 9.31. The maximum atomic E-state index is 12.7. The highest BCUT2D eigenvalue weighted by Gasteiger charge is 2.27. The van der Waals surface area contributed by atoms with Crippen molar-refractivity contribution in [3.05, 3.63) is 29.8 Å². The Hall–Kier alpha value is -2.63. The largest absolute Gasteiger partial charge is 0.459 e. The van der Waals surface area contributed by atoms with Crippen LogP contribution in [0.2, 0.25) is 0 Å². The van der Waals surface area contributed by atoms with Crippen LogP contribution >= 0.6 is 0 Å². The van der Waals surface area contributed by atoms with Crippen LogP contribution in [0.4, 0.5) is 5.82 Å². The first-order valence-electron chi connectivity index (χ1n) is 8.75. The SMILES string of the molecule is CCC(C)OC(=O)c1c(N)n(C(C)CC)c2nc3ccccc3nc12. The molecule has 0 saturated carbocycles. The van der Waals surface area contributed by atoms with Crippen LogP contribution in [-0.2, 0) is 4.74 Å². The summed E-state index contributed by atoms with van der Waals surface area (Å²) in [6.45, 7) is 7.96. The Morgan fingerprint density at radius 2 is 1.80 bits per heavy atom. The summed E-state index contributed by atoms with van der Waals surface area (Å²) in [6.07, 6.45) is 1.43. The Morgan fingerprint density at radius 3 is 2.40 bits per heavy atom. The number of anilines is 1. The zero-order valence-corrected chi connectivity index (χ0v) is 15.1. The van der Waals surface area contributed by atoms with E-state index in [1.807, 2.05) is 42.7 Å². The lowest BCUT2D eigenvalue weighted by Crippen LogP contribution is -2.16. The van der Waals surface area contributed by atoms with Crippen LogP contribution in [0, 0.1) is 0 Å². The highest BCUT2D eigenvalue weighted by Crippen LogP contribution is 2.32. The maximum Gasteiger partial charge on any atom is 0.344 e. The fourth-order valence-electron chi connectivity index (χ4n) is 2.84. The molecule has 2 heterocycles. The number of benzene rings is 1. The van der Waals surface area contributed by atoms with Gasteiger partial charge in [-0.2, -0.15) is 0 Å². The molecule has 0 aliphatic rings. The Labute approximate surface area is 147 Å². The van der Waals surface area contributed by atoms with E-state index >= 15 is 0 Å². The van der Waals surface area contributed by atoms with Crippen molar-refractivity contribution >= 4 is 34.0 Å². The Morgan fingerprint density at radius 1 is 1.16 bits per heavy atom. The van der Waals surface area contributed by atoms with Crippen molar-refractivity contribution in [3.8, 4) is 0 Å². The molecule has 0 aliphatic carbocycles. The first kappa shape index (κ1) is 17.2. The fourth-order valence-corrected chi connectivity index (χ4v) is 2.84. The van der Waals surface area contributed by atoms with E-state index in [0.29, 0.717) is 22.5 Å². The molecule has 3 rings (SSSR count). The number of hydrogen-bond acceptors (Lipinski definition) is 5. The van der Waals surface area contributed by atoms with Crippen LogP contribution in [0.5, 0.6) is 0 Å². The van der Waals surface area contributed by atoms with Gasteiger partial charge in [0, 0.05) is 6.04 Å². The highest BCUT2D eigenvalue weighted by atomic mass is 16.5. The normalized spacial score (nSPS) is 13.9. The molecule has 3 aromatic rings. The van der Waals surface area contributed by atoms with Crippen LogP contribution in [0.15, 0.2) is 24.3 Å². The second kappa shape index (κ2) is 6.70. The molecule has 0 bridgehead atoms. The summed E-state index contributed by atoms with van der Waals surface area (Å²) >= 11 is 0. The van der Waals surface area contributed by atoms with Gasteiger partial charge in [-0.15, -0.1) is 0 Å². The van der Waals surface area contributed by atoms with Gasteiger partial charge in [-0.3, -0.25) is 0 Å². The van der Waals surface area contributed by atoms with Gasteiger partial charge < -0.3 is 15.0 Å². The molecule has 2 atom stereocenters. The van der Waals surface area contributed by atoms with Crippen molar-refractivity contribution in [2.24, 2.45) is 0 Å². The van der Waals surface area contributed by atoms with E-state index in [9.17, 15) is 4.79 Å². The van der Waals surface area contributed by atoms with Crippen molar-refractivity contribution < 1.29 is 9.53 Å². The maximum absolute atomic E-state index is 12.7. The predicted molar refractivity (Wildman–Crippen MR) is 99.6 cm³/mol. The second-order valence-corrected chi connectivity index (χ2v) is 6.40. The summed E-state index contributed by atoms with van der Waals surface area (Å²) in [4.78, 5) is 22.1. The van der Waals surface area contributed by atoms with E-state index in [1.165, 1.54) is 0 Å². The zero-order valence-electron chi connectivity index (χ0n) is 15.1. The van der Waals surface area contributed by atoms with E-state index in [4.69, 9.17) is 15.5 Å². The average molecular weight is 340 g/mol. The van der Waals surface area contributed by atoms with Crippen molar-refractivity contribution in [3.63, 3.8) is 0 Å². The van der Waals surface area contributed by atoms with Gasteiger partial charge in [0.05, 0.1) is 17.1 Å². The number of esters is 1. The molecule has 2 N–H and O–H groups in total. The van der Waals surface area contributed by atoms with E-state index in [2.05, 4.69) is 18.8 Å². The number of carbonyl (C=O) groups excluding carboxylic acids is 1. The topological polar surface area (TPSA) is 83.0 Å². The first-order chi connectivity index (χ1) is 12.0. The predicted octanol–water partition coefficient (Wildman–Crippen LogP) is 4.09. The zero-order chi connectivity index (χ0) is 18.1. The monoisotopic (exact) mass is 340 g/mol. The summed E-state index contributed by atoms with van der Waals surface area (Å²) in [5.74, 6) is -0.0727. The fraction of sp³-hybridized carbons (Fsp3) is 0.421. The number of hydrogen-bond donors (Lipinski definition) is 1. The number of ether oxygens (including phenoxy) is 1. The van der Waals surface area contributed by atoms with Crippen molar-refractivity contribution in [1.82, 2.24) is 14.5 Å². The minimum absolute atomic E-state index is 0.100. The van der Waals surface area contributed by atoms with Crippen LogP contribution in [0.25, 0.3) is 22.2 Å². The van der Waals surface area contributed by atoms with Gasteiger partial charge in [0.2, 0.25) is 0 Å². The Bertz CT molecular complexity index is 932. The number of nitrogen functional groups attached to an aromatic ring is 1. The van der Waals surface area contributed by atoms with Crippen molar-refractivity contribution in [1.29, 1.82) is 0 Å². The Kier molecular flexibility index (Phi) is 4.61. The smallest absolute Gasteiger partial charge is 0.344 e. The van der Waals surface area contributed by atoms with Gasteiger partial charge in [0.1, 0.15) is 16.9 Å². The van der Waals surface area contributed by atoms with Crippen LogP contribution < -0.4 is 5.73 Å². The molecule has 132 valence electrons. The number of nitrogens with two attached hydrogens (primary N) is 1.